The van der Waals surface area contributed by atoms with E-state index < -0.39 is 0 Å². The lowest BCUT2D eigenvalue weighted by Crippen LogP contribution is -1.95. The molecule has 0 fully saturated rings. The van der Waals surface area contributed by atoms with Gasteiger partial charge in [0.1, 0.15) is 0 Å². The average molecular weight is 581 g/mol. The van der Waals surface area contributed by atoms with E-state index in [4.69, 9.17) is 0 Å². The molecule has 8 rings (SSSR count). The first kappa shape index (κ1) is 22.8. The van der Waals surface area contributed by atoms with Crippen molar-refractivity contribution in [3.63, 3.8) is 0 Å². The second kappa shape index (κ2) is 8.94. The van der Waals surface area contributed by atoms with Crippen LogP contribution in [0.1, 0.15) is 0 Å². The van der Waals surface area contributed by atoms with Gasteiger partial charge >= 0.3 is 0 Å². The summed E-state index contributed by atoms with van der Waals surface area (Å²) in [5.74, 6) is 0. The Balaban J connectivity index is 1.42. The van der Waals surface area contributed by atoms with Crippen LogP contribution in [0.25, 0.3) is 69.9 Å². The molecule has 2 aromatic heterocycles. The number of halogens is 1. The van der Waals surface area contributed by atoms with Crippen LogP contribution in [0.15, 0.2) is 138 Å². The van der Waals surface area contributed by atoms with Crippen molar-refractivity contribution in [2.45, 2.75) is 0 Å². The highest BCUT2D eigenvalue weighted by Crippen LogP contribution is 2.43. The third kappa shape index (κ3) is 3.58. The van der Waals surface area contributed by atoms with Crippen LogP contribution in [-0.4, -0.2) is 4.57 Å². The van der Waals surface area contributed by atoms with E-state index in [2.05, 4.69) is 154 Å². The van der Waals surface area contributed by atoms with Gasteiger partial charge in [-0.1, -0.05) is 107 Å². The predicted octanol–water partition coefficient (Wildman–Crippen LogP) is 11.2. The highest BCUT2D eigenvalue weighted by molar-refractivity contribution is 9.10. The van der Waals surface area contributed by atoms with E-state index in [1.807, 2.05) is 11.3 Å². The molecule has 0 aliphatic rings. The number of benzene rings is 6. The quantitative estimate of drug-likeness (QED) is 0.196. The molecule has 1 nitrogen and oxygen atoms in total. The molecule has 0 aliphatic carbocycles. The molecule has 39 heavy (non-hydrogen) atoms. The van der Waals surface area contributed by atoms with Gasteiger partial charge < -0.3 is 4.57 Å². The molecular weight excluding hydrogens is 558 g/mol. The fourth-order valence-corrected chi connectivity index (χ4v) is 7.70. The van der Waals surface area contributed by atoms with E-state index >= 15 is 0 Å². The molecule has 0 aliphatic heterocycles. The summed E-state index contributed by atoms with van der Waals surface area (Å²) >= 11 is 5.74. The van der Waals surface area contributed by atoms with Gasteiger partial charge in [0.05, 0.1) is 11.0 Å². The number of fused-ring (bicyclic) bond motifs is 6. The third-order valence-electron chi connectivity index (χ3n) is 7.63. The van der Waals surface area contributed by atoms with Crippen LogP contribution in [0.4, 0.5) is 0 Å². The topological polar surface area (TPSA) is 4.93 Å². The molecule has 0 radical (unpaired) electrons. The van der Waals surface area contributed by atoms with Crippen molar-refractivity contribution < 1.29 is 0 Å². The lowest BCUT2D eigenvalue weighted by Gasteiger charge is -2.13. The molecule has 2 heterocycles. The summed E-state index contributed by atoms with van der Waals surface area (Å²) in [6.45, 7) is 0. The Morgan fingerprint density at radius 2 is 1.15 bits per heavy atom. The van der Waals surface area contributed by atoms with Crippen molar-refractivity contribution in [1.82, 2.24) is 4.57 Å². The zero-order chi connectivity index (χ0) is 25.9. The van der Waals surface area contributed by atoms with Gasteiger partial charge in [-0.15, -0.1) is 11.3 Å². The van der Waals surface area contributed by atoms with Gasteiger partial charge in [0.2, 0.25) is 0 Å². The molecular formula is C36H22BrNS. The van der Waals surface area contributed by atoms with E-state index in [0.717, 1.165) is 4.47 Å². The Kier molecular flexibility index (Phi) is 5.22. The Bertz CT molecular complexity index is 2190. The zero-order valence-corrected chi connectivity index (χ0v) is 23.3. The fraction of sp³-hybridized carbons (Fsp3) is 0. The van der Waals surface area contributed by atoms with Gasteiger partial charge in [-0.3, -0.25) is 0 Å². The summed E-state index contributed by atoms with van der Waals surface area (Å²) in [5.41, 5.74) is 8.52. The van der Waals surface area contributed by atoms with E-state index in [0.29, 0.717) is 0 Å². The van der Waals surface area contributed by atoms with E-state index in [1.54, 1.807) is 0 Å². The van der Waals surface area contributed by atoms with Gasteiger partial charge in [-0.25, -0.2) is 0 Å². The van der Waals surface area contributed by atoms with Crippen molar-refractivity contribution in [3.8, 4) is 27.9 Å². The lowest BCUT2D eigenvalue weighted by atomic mass is 9.96. The highest BCUT2D eigenvalue weighted by Gasteiger charge is 2.17. The minimum atomic E-state index is 1.08. The molecule has 0 saturated carbocycles. The van der Waals surface area contributed by atoms with Gasteiger partial charge in [-0.05, 0) is 59.2 Å². The average Bonchev–Trinajstić information content (AvgIpc) is 3.53. The zero-order valence-electron chi connectivity index (χ0n) is 20.9. The smallest absolute Gasteiger partial charge is 0.0619 e. The second-order valence-corrected chi connectivity index (χ2v) is 11.9. The van der Waals surface area contributed by atoms with Crippen molar-refractivity contribution in [1.29, 1.82) is 0 Å². The standard InChI is InChI=1S/C36H22BrNS/c37-25-21-23(20-24(22-25)28-15-9-17-32-30-13-5-7-19-34(30)39-36(28)32)27-14-8-16-31-29-12-4-6-18-33(29)38(35(27)31)26-10-2-1-3-11-26/h1-22H. The maximum Gasteiger partial charge on any atom is 0.0619 e. The largest absolute Gasteiger partial charge is 0.309 e. The summed E-state index contributed by atoms with van der Waals surface area (Å²) < 4.78 is 6.15. The van der Waals surface area contributed by atoms with Crippen LogP contribution in [0, 0.1) is 0 Å². The normalized spacial score (nSPS) is 11.7. The Labute approximate surface area is 238 Å². The lowest BCUT2D eigenvalue weighted by molar-refractivity contribution is 1.18. The molecule has 0 spiro atoms. The van der Waals surface area contributed by atoms with Gasteiger partial charge in [-0.2, -0.15) is 0 Å². The summed E-state index contributed by atoms with van der Waals surface area (Å²) in [7, 11) is 0. The van der Waals surface area contributed by atoms with Crippen molar-refractivity contribution in [3.05, 3.63) is 138 Å². The summed E-state index contributed by atoms with van der Waals surface area (Å²) in [4.78, 5) is 0. The molecule has 0 atom stereocenters. The molecule has 0 unspecified atom stereocenters. The van der Waals surface area contributed by atoms with Crippen LogP contribution in [0.2, 0.25) is 0 Å². The van der Waals surface area contributed by atoms with Crippen LogP contribution in [0.5, 0.6) is 0 Å². The van der Waals surface area contributed by atoms with Gasteiger partial charge in [0.25, 0.3) is 0 Å². The first-order valence-corrected chi connectivity index (χ1v) is 14.7. The van der Waals surface area contributed by atoms with Crippen LogP contribution >= 0.6 is 27.3 Å². The molecule has 0 N–H and O–H groups in total. The van der Waals surface area contributed by atoms with Crippen molar-refractivity contribution in [2.75, 3.05) is 0 Å². The SMILES string of the molecule is Brc1cc(-c2cccc3c2sc2ccccc23)cc(-c2cccc3c4ccccc4n(-c4ccccc4)c23)c1. The van der Waals surface area contributed by atoms with E-state index in [1.165, 1.54) is 69.9 Å². The molecule has 8 aromatic rings. The van der Waals surface area contributed by atoms with E-state index in [-0.39, 0.29) is 0 Å². The highest BCUT2D eigenvalue weighted by atomic mass is 79.9. The number of hydrogen-bond acceptors (Lipinski definition) is 1. The monoisotopic (exact) mass is 579 g/mol. The second-order valence-electron chi connectivity index (χ2n) is 9.90. The number of nitrogens with zero attached hydrogens (tertiary/aromatic N) is 1. The van der Waals surface area contributed by atoms with Crippen molar-refractivity contribution in [2.24, 2.45) is 0 Å². The van der Waals surface area contributed by atoms with Crippen molar-refractivity contribution >= 4 is 69.2 Å². The summed E-state index contributed by atoms with van der Waals surface area (Å²) in [6, 6.07) is 48.3. The van der Waals surface area contributed by atoms with Gasteiger partial charge in [0.15, 0.2) is 0 Å². The Hall–Kier alpha value is -4.18. The number of aromatic nitrogens is 1. The number of rotatable bonds is 3. The maximum absolute atomic E-state index is 3.87. The van der Waals surface area contributed by atoms with E-state index in [9.17, 15) is 0 Å². The predicted molar refractivity (Wildman–Crippen MR) is 172 cm³/mol. The minimum Gasteiger partial charge on any atom is -0.309 e. The number of thiophene rings is 1. The molecule has 184 valence electrons. The van der Waals surface area contributed by atoms with Gasteiger partial charge in [0, 0.05) is 46.7 Å². The first-order chi connectivity index (χ1) is 19.3. The molecule has 0 amide bonds. The van der Waals surface area contributed by atoms with Crippen LogP contribution in [0.3, 0.4) is 0 Å². The molecule has 6 aromatic carbocycles. The first-order valence-electron chi connectivity index (χ1n) is 13.1. The Morgan fingerprint density at radius 3 is 2.00 bits per heavy atom. The minimum absolute atomic E-state index is 1.08. The van der Waals surface area contributed by atoms with Crippen LogP contribution in [-0.2, 0) is 0 Å². The Morgan fingerprint density at radius 1 is 0.513 bits per heavy atom. The van der Waals surface area contributed by atoms with Crippen LogP contribution < -0.4 is 0 Å². The third-order valence-corrected chi connectivity index (χ3v) is 9.31. The molecule has 0 bridgehead atoms. The summed E-state index contributed by atoms with van der Waals surface area (Å²) in [5, 5.41) is 5.18. The molecule has 0 saturated heterocycles. The maximum atomic E-state index is 3.87. The summed E-state index contributed by atoms with van der Waals surface area (Å²) in [6.07, 6.45) is 0. The number of hydrogen-bond donors (Lipinski definition) is 0. The molecule has 3 heteroatoms. The fourth-order valence-electron chi connectivity index (χ4n) is 5.97. The number of para-hydroxylation sites is 3.